The summed E-state index contributed by atoms with van der Waals surface area (Å²) in [4.78, 5) is 4.40. The average Bonchev–Trinajstić information content (AvgIpc) is 3.00. The monoisotopic (exact) mass is 347 g/mol. The molecule has 0 saturated heterocycles. The highest BCUT2D eigenvalue weighted by Crippen LogP contribution is 2.66. The van der Waals surface area contributed by atoms with Gasteiger partial charge in [0.2, 0.25) is 0 Å². The lowest BCUT2D eigenvalue weighted by molar-refractivity contribution is -0.0238. The first-order valence-electron chi connectivity index (χ1n) is 10.8. The molecule has 2 fully saturated rings. The zero-order chi connectivity index (χ0) is 17.9. The van der Waals surface area contributed by atoms with Crippen LogP contribution in [0.5, 0.6) is 0 Å². The summed E-state index contributed by atoms with van der Waals surface area (Å²) in [5, 5.41) is 0. The van der Waals surface area contributed by atoms with E-state index in [4.69, 9.17) is 0 Å². The Balaban J connectivity index is 1.47. The van der Waals surface area contributed by atoms with Crippen molar-refractivity contribution in [1.82, 2.24) is 4.98 Å². The molecular weight excluding hydrogens is 314 g/mol. The van der Waals surface area contributed by atoms with Gasteiger partial charge in [-0.1, -0.05) is 44.6 Å². The van der Waals surface area contributed by atoms with Crippen molar-refractivity contribution in [2.45, 2.75) is 65.7 Å². The maximum absolute atomic E-state index is 4.40. The second kappa shape index (κ2) is 5.81. The standard InChI is InChI=1S/C25H33N/c1-17-10-12-24(2)19(15-17)6-7-20-22-9-8-21(18-5-4-14-26-16-18)25(22,3)13-11-23(20)24/h4-5,8,14-17,20,22-23H,6-7,9-13H2,1-3H3/t17?,20?,22?,23?,24-,25+/m0/s1. The molecule has 1 heterocycles. The molecule has 1 heteroatoms. The minimum Gasteiger partial charge on any atom is -0.264 e. The first-order valence-corrected chi connectivity index (χ1v) is 10.8. The van der Waals surface area contributed by atoms with Crippen molar-refractivity contribution in [1.29, 1.82) is 0 Å². The summed E-state index contributed by atoms with van der Waals surface area (Å²) in [6, 6.07) is 4.37. The van der Waals surface area contributed by atoms with Crippen molar-refractivity contribution in [3.05, 3.63) is 47.8 Å². The van der Waals surface area contributed by atoms with E-state index in [1.807, 2.05) is 11.8 Å². The maximum Gasteiger partial charge on any atom is 0.0343 e. The zero-order valence-electron chi connectivity index (χ0n) is 16.7. The lowest BCUT2D eigenvalue weighted by Gasteiger charge is -2.58. The number of pyridine rings is 1. The minimum atomic E-state index is 0.365. The summed E-state index contributed by atoms with van der Waals surface area (Å²) in [6.45, 7) is 7.60. The van der Waals surface area contributed by atoms with Gasteiger partial charge in [-0.25, -0.2) is 0 Å². The van der Waals surface area contributed by atoms with Gasteiger partial charge in [-0.15, -0.1) is 0 Å². The van der Waals surface area contributed by atoms with E-state index in [0.717, 1.165) is 23.7 Å². The predicted octanol–water partition coefficient (Wildman–Crippen LogP) is 6.67. The number of hydrogen-bond donors (Lipinski definition) is 0. The minimum absolute atomic E-state index is 0.365. The van der Waals surface area contributed by atoms with E-state index in [1.54, 1.807) is 5.57 Å². The molecule has 0 aromatic carbocycles. The van der Waals surface area contributed by atoms with Gasteiger partial charge >= 0.3 is 0 Å². The van der Waals surface area contributed by atoms with Crippen LogP contribution >= 0.6 is 0 Å². The summed E-state index contributed by atoms with van der Waals surface area (Å²) in [5.41, 5.74) is 5.64. The molecule has 6 atom stereocenters. The van der Waals surface area contributed by atoms with Gasteiger partial charge in [-0.3, -0.25) is 4.98 Å². The molecule has 0 spiro atoms. The molecule has 26 heavy (non-hydrogen) atoms. The summed E-state index contributed by atoms with van der Waals surface area (Å²) < 4.78 is 0. The molecule has 138 valence electrons. The van der Waals surface area contributed by atoms with Gasteiger partial charge in [-0.2, -0.15) is 0 Å². The number of aromatic nitrogens is 1. The van der Waals surface area contributed by atoms with Crippen molar-refractivity contribution < 1.29 is 0 Å². The van der Waals surface area contributed by atoms with Gasteiger partial charge in [0.25, 0.3) is 0 Å². The van der Waals surface area contributed by atoms with Crippen LogP contribution in [0.4, 0.5) is 0 Å². The highest BCUT2D eigenvalue weighted by molar-refractivity contribution is 5.72. The molecule has 1 nitrogen and oxygen atoms in total. The Kier molecular flexibility index (Phi) is 3.75. The van der Waals surface area contributed by atoms with Crippen molar-refractivity contribution in [3.8, 4) is 0 Å². The SMILES string of the molecule is CC1C=C2CCC3C(CC[C@]4(C)C(c5cccnc5)=CCC34)[C@@]2(C)CC1. The van der Waals surface area contributed by atoms with E-state index >= 15 is 0 Å². The van der Waals surface area contributed by atoms with E-state index in [-0.39, 0.29) is 0 Å². The highest BCUT2D eigenvalue weighted by Gasteiger charge is 2.56. The van der Waals surface area contributed by atoms with Gasteiger partial charge in [0.05, 0.1) is 0 Å². The Hall–Kier alpha value is -1.37. The van der Waals surface area contributed by atoms with E-state index < -0.39 is 0 Å². The summed E-state index contributed by atoms with van der Waals surface area (Å²) in [5.74, 6) is 3.47. The second-order valence-corrected chi connectivity index (χ2v) is 10.1. The van der Waals surface area contributed by atoms with Gasteiger partial charge in [0, 0.05) is 12.4 Å². The number of rotatable bonds is 1. The smallest absolute Gasteiger partial charge is 0.0343 e. The highest BCUT2D eigenvalue weighted by atomic mass is 14.6. The van der Waals surface area contributed by atoms with Crippen LogP contribution in [0.25, 0.3) is 5.57 Å². The topological polar surface area (TPSA) is 12.9 Å². The third-order valence-corrected chi connectivity index (χ3v) is 8.89. The molecule has 5 rings (SSSR count). The number of fused-ring (bicyclic) bond motifs is 5. The van der Waals surface area contributed by atoms with E-state index in [9.17, 15) is 0 Å². The van der Waals surface area contributed by atoms with Gasteiger partial charge in [0.15, 0.2) is 0 Å². The molecule has 0 aliphatic heterocycles. The third kappa shape index (κ3) is 2.25. The molecule has 0 radical (unpaired) electrons. The lowest BCUT2D eigenvalue weighted by atomic mass is 9.46. The van der Waals surface area contributed by atoms with Crippen LogP contribution in [0, 0.1) is 34.5 Å². The van der Waals surface area contributed by atoms with Crippen LogP contribution in [0.2, 0.25) is 0 Å². The van der Waals surface area contributed by atoms with Crippen molar-refractivity contribution in [3.63, 3.8) is 0 Å². The van der Waals surface area contributed by atoms with Crippen molar-refractivity contribution in [2.75, 3.05) is 0 Å². The Morgan fingerprint density at radius 2 is 1.88 bits per heavy atom. The quantitative estimate of drug-likeness (QED) is 0.517. The zero-order valence-corrected chi connectivity index (χ0v) is 16.7. The molecule has 0 bridgehead atoms. The molecule has 4 aliphatic rings. The fourth-order valence-corrected chi connectivity index (χ4v) is 7.44. The van der Waals surface area contributed by atoms with E-state index in [0.29, 0.717) is 10.8 Å². The van der Waals surface area contributed by atoms with E-state index in [1.165, 1.54) is 50.5 Å². The van der Waals surface area contributed by atoms with Crippen molar-refractivity contribution >= 4 is 5.57 Å². The first kappa shape index (κ1) is 16.8. The third-order valence-electron chi connectivity index (χ3n) is 8.89. The van der Waals surface area contributed by atoms with Crippen LogP contribution in [0.1, 0.15) is 71.3 Å². The molecule has 0 N–H and O–H groups in total. The normalized spacial score (nSPS) is 44.4. The van der Waals surface area contributed by atoms with Crippen LogP contribution in [0.15, 0.2) is 42.3 Å². The fourth-order valence-electron chi connectivity index (χ4n) is 7.44. The van der Waals surface area contributed by atoms with Crippen molar-refractivity contribution in [2.24, 2.45) is 34.5 Å². The molecule has 1 aromatic rings. The van der Waals surface area contributed by atoms with Crippen LogP contribution in [-0.4, -0.2) is 4.98 Å². The first-order chi connectivity index (χ1) is 12.5. The lowest BCUT2D eigenvalue weighted by Crippen LogP contribution is -2.49. The van der Waals surface area contributed by atoms with Crippen LogP contribution in [0.3, 0.4) is 0 Å². The molecular formula is C25H33N. The number of hydrogen-bond acceptors (Lipinski definition) is 1. The van der Waals surface area contributed by atoms with Gasteiger partial charge < -0.3 is 0 Å². The summed E-state index contributed by atoms with van der Waals surface area (Å²) in [7, 11) is 0. The number of nitrogens with zero attached hydrogens (tertiary/aromatic N) is 1. The second-order valence-electron chi connectivity index (χ2n) is 10.1. The summed E-state index contributed by atoms with van der Waals surface area (Å²) >= 11 is 0. The summed E-state index contributed by atoms with van der Waals surface area (Å²) in [6.07, 6.45) is 18.9. The molecule has 4 aliphatic carbocycles. The van der Waals surface area contributed by atoms with Crippen LogP contribution in [-0.2, 0) is 0 Å². The average molecular weight is 348 g/mol. The fraction of sp³-hybridized carbons (Fsp3) is 0.640. The van der Waals surface area contributed by atoms with Crippen LogP contribution < -0.4 is 0 Å². The molecule has 4 unspecified atom stereocenters. The maximum atomic E-state index is 4.40. The van der Waals surface area contributed by atoms with Gasteiger partial charge in [-0.05, 0) is 96.7 Å². The number of allylic oxidation sites excluding steroid dienone is 4. The Morgan fingerprint density at radius 3 is 2.69 bits per heavy atom. The Bertz CT molecular complexity index is 760. The Labute approximate surface area is 159 Å². The molecule has 2 saturated carbocycles. The van der Waals surface area contributed by atoms with E-state index in [2.05, 4.69) is 56.2 Å². The largest absolute Gasteiger partial charge is 0.264 e. The molecule has 1 aromatic heterocycles. The Morgan fingerprint density at radius 1 is 1.04 bits per heavy atom. The predicted molar refractivity (Wildman–Crippen MR) is 108 cm³/mol. The molecule has 0 amide bonds. The van der Waals surface area contributed by atoms with Gasteiger partial charge in [0.1, 0.15) is 0 Å².